The van der Waals surface area contributed by atoms with E-state index in [1.165, 1.54) is 49.5 Å². The molecular weight excluding hydrogens is 573 g/mol. The number of halogens is 1. The summed E-state index contributed by atoms with van der Waals surface area (Å²) in [6, 6.07) is 15.6. The normalized spacial score (nSPS) is 12.0. The average Bonchev–Trinajstić information content (AvgIpc) is 2.99. The summed E-state index contributed by atoms with van der Waals surface area (Å²) in [6.07, 6.45) is 0.306. The highest BCUT2D eigenvalue weighted by Crippen LogP contribution is 2.32. The minimum absolute atomic E-state index is 0.0807. The molecule has 0 aliphatic rings. The number of ether oxygens (including phenoxy) is 2. The molecule has 0 aromatic heterocycles. The van der Waals surface area contributed by atoms with Gasteiger partial charge in [0.15, 0.2) is 11.5 Å². The highest BCUT2D eigenvalue weighted by atomic mass is 32.2. The van der Waals surface area contributed by atoms with Crippen molar-refractivity contribution in [3.05, 3.63) is 83.7 Å². The van der Waals surface area contributed by atoms with Crippen LogP contribution in [-0.4, -0.2) is 58.5 Å². The Bertz CT molecular complexity index is 1490. The lowest BCUT2D eigenvalue weighted by Gasteiger charge is -2.33. The molecule has 43 heavy (non-hydrogen) atoms. The van der Waals surface area contributed by atoms with Gasteiger partial charge in [0.05, 0.1) is 24.8 Å². The molecule has 11 heteroatoms. The summed E-state index contributed by atoms with van der Waals surface area (Å²) in [5.41, 5.74) is 1.90. The van der Waals surface area contributed by atoms with Crippen LogP contribution in [0.5, 0.6) is 11.5 Å². The average molecular weight is 614 g/mol. The van der Waals surface area contributed by atoms with E-state index in [9.17, 15) is 22.4 Å². The van der Waals surface area contributed by atoms with E-state index in [-0.39, 0.29) is 34.7 Å². The van der Waals surface area contributed by atoms with Crippen molar-refractivity contribution in [1.29, 1.82) is 0 Å². The number of benzene rings is 3. The molecule has 3 aromatic carbocycles. The number of amides is 2. The number of hydrogen-bond acceptors (Lipinski definition) is 6. The van der Waals surface area contributed by atoms with Gasteiger partial charge in [-0.15, -0.1) is 0 Å². The number of anilines is 1. The number of sulfonamides is 1. The third-order valence-corrected chi connectivity index (χ3v) is 8.65. The summed E-state index contributed by atoms with van der Waals surface area (Å²) in [4.78, 5) is 28.7. The second-order valence-corrected chi connectivity index (χ2v) is 12.4. The summed E-state index contributed by atoms with van der Waals surface area (Å²) in [7, 11) is -1.57. The topological polar surface area (TPSA) is 105 Å². The van der Waals surface area contributed by atoms with Crippen LogP contribution in [0.3, 0.4) is 0 Å². The number of nitrogens with zero attached hydrogens (tertiary/aromatic N) is 2. The molecule has 1 N–H and O–H groups in total. The van der Waals surface area contributed by atoms with Gasteiger partial charge in [0, 0.05) is 19.2 Å². The van der Waals surface area contributed by atoms with Crippen molar-refractivity contribution in [2.75, 3.05) is 31.6 Å². The lowest BCUT2D eigenvalue weighted by atomic mass is 10.1. The quantitative estimate of drug-likeness (QED) is 0.277. The first-order valence-electron chi connectivity index (χ1n) is 14.0. The SMILES string of the molecule is CC[C@H](C(=O)NCC(C)C)N(Cc1ccc(C)cc1)C(=O)CN(c1ccc(F)cc1)S(=O)(=O)c1ccc(OC)c(OC)c1. The molecule has 9 nitrogen and oxygen atoms in total. The molecule has 0 saturated heterocycles. The molecule has 0 aliphatic heterocycles. The Morgan fingerprint density at radius 1 is 0.930 bits per heavy atom. The zero-order valence-electron chi connectivity index (χ0n) is 25.5. The molecule has 0 heterocycles. The monoisotopic (exact) mass is 613 g/mol. The van der Waals surface area contributed by atoms with Crippen LogP contribution in [0.25, 0.3) is 0 Å². The van der Waals surface area contributed by atoms with E-state index >= 15 is 0 Å². The highest BCUT2D eigenvalue weighted by Gasteiger charge is 2.34. The minimum atomic E-state index is -4.38. The van der Waals surface area contributed by atoms with Gasteiger partial charge in [-0.1, -0.05) is 50.6 Å². The van der Waals surface area contributed by atoms with Crippen LogP contribution in [0.4, 0.5) is 10.1 Å². The first-order chi connectivity index (χ1) is 20.4. The fraction of sp³-hybridized carbons (Fsp3) is 0.375. The van der Waals surface area contributed by atoms with Crippen LogP contribution >= 0.6 is 0 Å². The largest absolute Gasteiger partial charge is 0.493 e. The number of aryl methyl sites for hydroxylation is 1. The fourth-order valence-electron chi connectivity index (χ4n) is 4.47. The van der Waals surface area contributed by atoms with Crippen molar-refractivity contribution < 1.29 is 31.9 Å². The maximum absolute atomic E-state index is 14.1. The highest BCUT2D eigenvalue weighted by molar-refractivity contribution is 7.92. The summed E-state index contributed by atoms with van der Waals surface area (Å²) < 4.78 is 53.5. The van der Waals surface area contributed by atoms with Gasteiger partial charge >= 0.3 is 0 Å². The molecule has 232 valence electrons. The number of rotatable bonds is 14. The van der Waals surface area contributed by atoms with Crippen molar-refractivity contribution in [2.24, 2.45) is 5.92 Å². The number of carbonyl (C=O) groups excluding carboxylic acids is 2. The third kappa shape index (κ3) is 8.47. The van der Waals surface area contributed by atoms with E-state index in [0.717, 1.165) is 27.6 Å². The molecule has 3 aromatic rings. The van der Waals surface area contributed by atoms with Crippen LogP contribution in [0.15, 0.2) is 71.6 Å². The summed E-state index contributed by atoms with van der Waals surface area (Å²) in [6.45, 7) is 7.56. The van der Waals surface area contributed by atoms with Crippen molar-refractivity contribution in [3.63, 3.8) is 0 Å². The van der Waals surface area contributed by atoms with Gasteiger partial charge in [0.25, 0.3) is 10.0 Å². The molecule has 2 amide bonds. The Morgan fingerprint density at radius 3 is 2.12 bits per heavy atom. The van der Waals surface area contributed by atoms with Crippen LogP contribution < -0.4 is 19.1 Å². The van der Waals surface area contributed by atoms with Gasteiger partial charge in [-0.2, -0.15) is 0 Å². The fourth-order valence-corrected chi connectivity index (χ4v) is 5.90. The van der Waals surface area contributed by atoms with Gasteiger partial charge in [-0.3, -0.25) is 13.9 Å². The predicted octanol–water partition coefficient (Wildman–Crippen LogP) is 4.93. The first-order valence-corrected chi connectivity index (χ1v) is 15.5. The van der Waals surface area contributed by atoms with Crippen molar-refractivity contribution >= 4 is 27.5 Å². The predicted molar refractivity (Wildman–Crippen MR) is 164 cm³/mol. The Kier molecular flexibility index (Phi) is 11.5. The van der Waals surface area contributed by atoms with Gasteiger partial charge < -0.3 is 19.7 Å². The Morgan fingerprint density at radius 2 is 1.56 bits per heavy atom. The maximum Gasteiger partial charge on any atom is 0.264 e. The van der Waals surface area contributed by atoms with Crippen LogP contribution in [0, 0.1) is 18.7 Å². The van der Waals surface area contributed by atoms with Gasteiger partial charge in [-0.05, 0) is 61.2 Å². The van der Waals surface area contributed by atoms with Crippen molar-refractivity contribution in [3.8, 4) is 11.5 Å². The van der Waals surface area contributed by atoms with E-state index in [4.69, 9.17) is 9.47 Å². The molecule has 0 unspecified atom stereocenters. The standard InChI is InChI=1S/C32H40FN3O6S/c1-7-28(32(38)34-19-22(2)3)35(20-24-10-8-23(4)9-11-24)31(37)21-36(26-14-12-25(33)13-15-26)43(39,40)27-16-17-29(41-5)30(18-27)42-6/h8-18,22,28H,7,19-21H2,1-6H3,(H,34,38)/t28-/m1/s1. The number of hydrogen-bond donors (Lipinski definition) is 1. The minimum Gasteiger partial charge on any atom is -0.493 e. The Balaban J connectivity index is 2.08. The van der Waals surface area contributed by atoms with E-state index in [2.05, 4.69) is 5.32 Å². The zero-order chi connectivity index (χ0) is 31.7. The molecule has 0 saturated carbocycles. The van der Waals surface area contributed by atoms with Gasteiger partial charge in [0.2, 0.25) is 11.8 Å². The number of nitrogens with one attached hydrogen (secondary N) is 1. The van der Waals surface area contributed by atoms with E-state index in [1.54, 1.807) is 6.92 Å². The van der Waals surface area contributed by atoms with Crippen molar-refractivity contribution in [2.45, 2.75) is 51.6 Å². The second kappa shape index (κ2) is 14.9. The van der Waals surface area contributed by atoms with E-state index in [1.807, 2.05) is 45.0 Å². The molecule has 0 aliphatic carbocycles. The second-order valence-electron chi connectivity index (χ2n) is 10.6. The van der Waals surface area contributed by atoms with E-state index < -0.39 is 34.3 Å². The summed E-state index contributed by atoms with van der Waals surface area (Å²) >= 11 is 0. The Labute approximate surface area is 253 Å². The lowest BCUT2D eigenvalue weighted by Crippen LogP contribution is -2.52. The molecule has 0 fully saturated rings. The number of carbonyl (C=O) groups is 2. The summed E-state index contributed by atoms with van der Waals surface area (Å²) in [5, 5.41) is 2.90. The van der Waals surface area contributed by atoms with Gasteiger partial charge in [0.1, 0.15) is 18.4 Å². The van der Waals surface area contributed by atoms with Crippen LogP contribution in [-0.2, 0) is 26.2 Å². The molecule has 0 spiro atoms. The lowest BCUT2D eigenvalue weighted by molar-refractivity contribution is -0.140. The summed E-state index contributed by atoms with van der Waals surface area (Å²) in [5.74, 6) is -0.778. The zero-order valence-corrected chi connectivity index (χ0v) is 26.3. The van der Waals surface area contributed by atoms with Gasteiger partial charge in [-0.25, -0.2) is 12.8 Å². The molecule has 1 atom stereocenters. The molecule has 3 rings (SSSR count). The molecule has 0 bridgehead atoms. The van der Waals surface area contributed by atoms with E-state index in [0.29, 0.717) is 18.7 Å². The van der Waals surface area contributed by atoms with Crippen molar-refractivity contribution in [1.82, 2.24) is 10.2 Å². The first kappa shape index (κ1) is 33.4. The number of methoxy groups -OCH3 is 2. The molecule has 0 radical (unpaired) electrons. The third-order valence-electron chi connectivity index (χ3n) is 6.88. The van der Waals surface area contributed by atoms with Crippen LogP contribution in [0.2, 0.25) is 0 Å². The smallest absolute Gasteiger partial charge is 0.264 e. The Hall–Kier alpha value is -4.12. The maximum atomic E-state index is 14.1. The van der Waals surface area contributed by atoms with Crippen LogP contribution in [0.1, 0.15) is 38.3 Å². The molecular formula is C32H40FN3O6S.